The van der Waals surface area contributed by atoms with Crippen LogP contribution in [0.1, 0.15) is 66.9 Å². The molecule has 1 aromatic heterocycles. The number of aliphatic carboxylic acids is 1. The van der Waals surface area contributed by atoms with E-state index in [0.29, 0.717) is 11.3 Å². The molecule has 2 aromatic carbocycles. The van der Waals surface area contributed by atoms with Gasteiger partial charge in [-0.05, 0) is 106 Å². The summed E-state index contributed by atoms with van der Waals surface area (Å²) in [7, 11) is 0. The van der Waals surface area contributed by atoms with Crippen molar-refractivity contribution in [3.05, 3.63) is 70.0 Å². The Labute approximate surface area is 219 Å². The first kappa shape index (κ1) is 25.4. The summed E-state index contributed by atoms with van der Waals surface area (Å²) < 4.78 is 12.1. The Balaban J connectivity index is 1.81. The zero-order valence-corrected chi connectivity index (χ0v) is 22.4. The topological polar surface area (TPSA) is 80.7 Å². The summed E-state index contributed by atoms with van der Waals surface area (Å²) in [5, 5.41) is 13.8. The average molecular weight is 501 g/mol. The highest BCUT2D eigenvalue weighted by atomic mass is 16.5. The maximum Gasteiger partial charge on any atom is 0.337 e. The minimum absolute atomic E-state index is 0.610. The number of benzene rings is 2. The zero-order valence-electron chi connectivity index (χ0n) is 22.4. The number of ether oxygens (including phenoxy) is 2. The predicted octanol–water partition coefficient (Wildman–Crippen LogP) is 5.94. The molecule has 0 amide bonds. The number of fused-ring (bicyclic) bond motifs is 2. The lowest BCUT2D eigenvalue weighted by atomic mass is 9.84. The number of aromatic nitrogens is 1. The molecular formula is C31H36N2O4. The molecule has 5 rings (SSSR count). The smallest absolute Gasteiger partial charge is 0.337 e. The first-order valence-corrected chi connectivity index (χ1v) is 13.1. The van der Waals surface area contributed by atoms with E-state index in [4.69, 9.17) is 14.5 Å². The maximum absolute atomic E-state index is 12.7. The lowest BCUT2D eigenvalue weighted by Gasteiger charge is -2.29. The van der Waals surface area contributed by atoms with Crippen LogP contribution in [0.2, 0.25) is 0 Å². The number of hydrogen-bond donors (Lipinski definition) is 2. The molecule has 1 unspecified atom stereocenters. The van der Waals surface area contributed by atoms with Crippen molar-refractivity contribution in [1.82, 2.24) is 10.3 Å². The van der Waals surface area contributed by atoms with E-state index in [1.165, 1.54) is 11.1 Å². The van der Waals surface area contributed by atoms with E-state index in [1.54, 1.807) is 0 Å². The second-order valence-corrected chi connectivity index (χ2v) is 11.1. The van der Waals surface area contributed by atoms with Crippen LogP contribution in [0, 0.1) is 13.8 Å². The van der Waals surface area contributed by atoms with Crippen LogP contribution in [-0.2, 0) is 28.9 Å². The molecule has 0 saturated heterocycles. The Kier molecular flexibility index (Phi) is 6.82. The Bertz CT molecular complexity index is 1360. The van der Waals surface area contributed by atoms with Gasteiger partial charge in [0.1, 0.15) is 5.75 Å². The second-order valence-electron chi connectivity index (χ2n) is 11.1. The predicted molar refractivity (Wildman–Crippen MR) is 145 cm³/mol. The Hall–Kier alpha value is -3.22. The molecule has 2 aliphatic heterocycles. The quantitative estimate of drug-likeness (QED) is 0.451. The molecule has 6 nitrogen and oxygen atoms in total. The molecule has 3 aromatic rings. The Morgan fingerprint density at radius 2 is 1.73 bits per heavy atom. The highest BCUT2D eigenvalue weighted by molar-refractivity contribution is 5.91. The number of carboxylic acids is 1. The minimum atomic E-state index is -1.16. The van der Waals surface area contributed by atoms with Crippen molar-refractivity contribution in [1.29, 1.82) is 0 Å². The van der Waals surface area contributed by atoms with E-state index < -0.39 is 17.7 Å². The van der Waals surface area contributed by atoms with Gasteiger partial charge < -0.3 is 19.9 Å². The van der Waals surface area contributed by atoms with Gasteiger partial charge in [0, 0.05) is 29.1 Å². The van der Waals surface area contributed by atoms with Gasteiger partial charge in [0.05, 0.1) is 12.2 Å². The van der Waals surface area contributed by atoms with Crippen LogP contribution in [0.5, 0.6) is 5.75 Å². The highest BCUT2D eigenvalue weighted by Crippen LogP contribution is 2.44. The van der Waals surface area contributed by atoms with Crippen LogP contribution in [0.25, 0.3) is 22.3 Å². The van der Waals surface area contributed by atoms with Crippen molar-refractivity contribution in [2.45, 2.75) is 72.1 Å². The van der Waals surface area contributed by atoms with Crippen LogP contribution < -0.4 is 10.1 Å². The number of aryl methyl sites for hydroxylation is 3. The van der Waals surface area contributed by atoms with E-state index in [9.17, 15) is 9.90 Å². The molecule has 6 heteroatoms. The van der Waals surface area contributed by atoms with Gasteiger partial charge in [0.15, 0.2) is 6.10 Å². The molecule has 0 fully saturated rings. The summed E-state index contributed by atoms with van der Waals surface area (Å²) in [4.78, 5) is 17.6. The van der Waals surface area contributed by atoms with Crippen LogP contribution in [-0.4, -0.2) is 34.8 Å². The number of carbonyl (C=O) groups is 1. The molecule has 0 saturated carbocycles. The lowest BCUT2D eigenvalue weighted by molar-refractivity contribution is -0.160. The van der Waals surface area contributed by atoms with Gasteiger partial charge in [-0.3, -0.25) is 4.98 Å². The fourth-order valence-corrected chi connectivity index (χ4v) is 5.57. The first-order valence-electron chi connectivity index (χ1n) is 13.1. The maximum atomic E-state index is 12.7. The zero-order chi connectivity index (χ0) is 26.3. The van der Waals surface area contributed by atoms with Crippen LogP contribution >= 0.6 is 0 Å². The highest BCUT2D eigenvalue weighted by Gasteiger charge is 2.33. The average Bonchev–Trinajstić information content (AvgIpc) is 2.86. The normalized spacial score (nSPS) is 15.9. The second kappa shape index (κ2) is 9.92. The number of hydrogen-bond acceptors (Lipinski definition) is 5. The fraction of sp³-hybridized carbons (Fsp3) is 0.419. The minimum Gasteiger partial charge on any atom is -0.493 e. The molecular weight excluding hydrogens is 464 g/mol. The summed E-state index contributed by atoms with van der Waals surface area (Å²) in [6.07, 6.45) is 1.71. The summed E-state index contributed by atoms with van der Waals surface area (Å²) in [6, 6.07) is 12.8. The summed E-state index contributed by atoms with van der Waals surface area (Å²) in [5.41, 5.74) is 9.13. The lowest BCUT2D eigenvalue weighted by Crippen LogP contribution is -2.28. The van der Waals surface area contributed by atoms with E-state index in [2.05, 4.69) is 29.6 Å². The summed E-state index contributed by atoms with van der Waals surface area (Å²) in [5.74, 6) is -0.115. The third-order valence-electron chi connectivity index (χ3n) is 7.14. The van der Waals surface area contributed by atoms with Crippen molar-refractivity contribution in [2.75, 3.05) is 13.2 Å². The van der Waals surface area contributed by atoms with Gasteiger partial charge in [-0.2, -0.15) is 0 Å². The molecule has 0 bridgehead atoms. The third-order valence-corrected chi connectivity index (χ3v) is 7.14. The standard InChI is InChI=1S/C31H36N2O4/c1-18-26(22-8-9-24-17-32-13-12-20(24)15-22)28(23-10-11-25-21(16-23)7-6-14-36-25)27(19(2)33-18)29(30(34)35)37-31(3,4)5/h8-11,15-16,29,32H,6-7,12-14,17H2,1-5H3,(H,34,35). The van der Waals surface area contributed by atoms with Gasteiger partial charge in [-0.1, -0.05) is 24.3 Å². The summed E-state index contributed by atoms with van der Waals surface area (Å²) in [6.45, 7) is 12.1. The van der Waals surface area contributed by atoms with E-state index in [1.807, 2.05) is 46.8 Å². The van der Waals surface area contributed by atoms with Gasteiger partial charge >= 0.3 is 5.97 Å². The Morgan fingerprint density at radius 1 is 1.00 bits per heavy atom. The molecule has 3 heterocycles. The fourth-order valence-electron chi connectivity index (χ4n) is 5.57. The Morgan fingerprint density at radius 3 is 2.49 bits per heavy atom. The van der Waals surface area contributed by atoms with Crippen molar-refractivity contribution >= 4 is 5.97 Å². The molecule has 0 radical (unpaired) electrons. The van der Waals surface area contributed by atoms with Gasteiger partial charge in [0.2, 0.25) is 0 Å². The van der Waals surface area contributed by atoms with Gasteiger partial charge in [0.25, 0.3) is 0 Å². The van der Waals surface area contributed by atoms with Crippen molar-refractivity contribution in [3.63, 3.8) is 0 Å². The molecule has 2 N–H and O–H groups in total. The van der Waals surface area contributed by atoms with E-state index >= 15 is 0 Å². The number of rotatable bonds is 5. The van der Waals surface area contributed by atoms with Crippen molar-refractivity contribution < 1.29 is 19.4 Å². The van der Waals surface area contributed by atoms with E-state index in [0.717, 1.165) is 78.2 Å². The van der Waals surface area contributed by atoms with Crippen LogP contribution in [0.4, 0.5) is 0 Å². The number of carboxylic acid groups (broad SMARTS) is 1. The first-order chi connectivity index (χ1) is 17.6. The molecule has 0 spiro atoms. The number of nitrogens with zero attached hydrogens (tertiary/aromatic N) is 1. The summed E-state index contributed by atoms with van der Waals surface area (Å²) >= 11 is 0. The molecule has 1 atom stereocenters. The molecule has 0 aliphatic carbocycles. The van der Waals surface area contributed by atoms with Crippen molar-refractivity contribution in [3.8, 4) is 28.0 Å². The monoisotopic (exact) mass is 500 g/mol. The number of nitrogens with one attached hydrogen (secondary N) is 1. The van der Waals surface area contributed by atoms with E-state index in [-0.39, 0.29) is 0 Å². The molecule has 37 heavy (non-hydrogen) atoms. The van der Waals surface area contributed by atoms with Crippen molar-refractivity contribution in [2.24, 2.45) is 0 Å². The van der Waals surface area contributed by atoms with Gasteiger partial charge in [-0.25, -0.2) is 4.79 Å². The van der Waals surface area contributed by atoms with Crippen LogP contribution in [0.3, 0.4) is 0 Å². The largest absolute Gasteiger partial charge is 0.493 e. The molecule has 2 aliphatic rings. The SMILES string of the molecule is Cc1nc(C)c(C(OC(C)(C)C)C(=O)O)c(-c2ccc3c(c2)CCCO3)c1-c1ccc2c(c1)CCNC2. The third kappa shape index (κ3) is 5.13. The molecule has 194 valence electrons. The number of pyridine rings is 1. The van der Waals surface area contributed by atoms with Crippen LogP contribution in [0.15, 0.2) is 36.4 Å². The van der Waals surface area contributed by atoms with Gasteiger partial charge in [-0.15, -0.1) is 0 Å².